The van der Waals surface area contributed by atoms with Crippen LogP contribution >= 0.6 is 11.3 Å². The van der Waals surface area contributed by atoms with Crippen LogP contribution in [0.5, 0.6) is 0 Å². The maximum Gasteiger partial charge on any atom is 0.0640 e. The number of hydrogen-bond donors (Lipinski definition) is 0. The summed E-state index contributed by atoms with van der Waals surface area (Å²) in [7, 11) is 0. The molecule has 0 bridgehead atoms. The van der Waals surface area contributed by atoms with E-state index in [2.05, 4.69) is 217 Å². The van der Waals surface area contributed by atoms with Crippen LogP contribution in [0.15, 0.2) is 212 Å². The molecule has 54 heavy (non-hydrogen) atoms. The van der Waals surface area contributed by atoms with Gasteiger partial charge in [-0.3, -0.25) is 0 Å². The molecule has 1 heterocycles. The molecule has 0 fully saturated rings. The van der Waals surface area contributed by atoms with Crippen LogP contribution in [0.4, 0.5) is 17.1 Å². The van der Waals surface area contributed by atoms with E-state index in [9.17, 15) is 0 Å². The largest absolute Gasteiger partial charge is 0.308 e. The van der Waals surface area contributed by atoms with Gasteiger partial charge in [-0.1, -0.05) is 164 Å². The molecule has 10 rings (SSSR count). The summed E-state index contributed by atoms with van der Waals surface area (Å²) in [5, 5.41) is 5.09. The van der Waals surface area contributed by atoms with Gasteiger partial charge in [0.25, 0.3) is 0 Å². The number of anilines is 3. The van der Waals surface area contributed by atoms with Gasteiger partial charge in [0.05, 0.1) is 16.1 Å². The van der Waals surface area contributed by atoms with Crippen LogP contribution < -0.4 is 4.90 Å². The van der Waals surface area contributed by atoms with E-state index in [1.807, 2.05) is 11.3 Å². The first-order valence-corrected chi connectivity index (χ1v) is 19.2. The minimum Gasteiger partial charge on any atom is -0.308 e. The SMILES string of the molecule is c1ccc(-c2cccc(-c3ccccc3N(c3ccc(-c4cccc(-c5ccc6ccccc6c5)c4)cc3)c3cccc4c3sc3ccccc34)c2)cc1. The molecule has 0 saturated heterocycles. The van der Waals surface area contributed by atoms with Gasteiger partial charge >= 0.3 is 0 Å². The highest BCUT2D eigenvalue weighted by Crippen LogP contribution is 2.47. The highest BCUT2D eigenvalue weighted by atomic mass is 32.1. The van der Waals surface area contributed by atoms with Gasteiger partial charge in [-0.2, -0.15) is 0 Å². The normalized spacial score (nSPS) is 11.3. The number of para-hydroxylation sites is 1. The highest BCUT2D eigenvalue weighted by molar-refractivity contribution is 7.26. The summed E-state index contributed by atoms with van der Waals surface area (Å²) in [5.41, 5.74) is 13.0. The maximum absolute atomic E-state index is 2.46. The Labute approximate surface area is 319 Å². The summed E-state index contributed by atoms with van der Waals surface area (Å²) < 4.78 is 2.57. The molecule has 0 radical (unpaired) electrons. The molecule has 0 aliphatic heterocycles. The summed E-state index contributed by atoms with van der Waals surface area (Å²) in [6.07, 6.45) is 0. The molecule has 9 aromatic carbocycles. The van der Waals surface area contributed by atoms with Gasteiger partial charge in [-0.15, -0.1) is 11.3 Å². The molecule has 1 aromatic heterocycles. The molecular weight excluding hydrogens is 671 g/mol. The van der Waals surface area contributed by atoms with Crippen LogP contribution in [-0.4, -0.2) is 0 Å². The average Bonchev–Trinajstić information content (AvgIpc) is 3.64. The van der Waals surface area contributed by atoms with E-state index in [1.54, 1.807) is 0 Å². The van der Waals surface area contributed by atoms with Crippen molar-refractivity contribution in [1.29, 1.82) is 0 Å². The van der Waals surface area contributed by atoms with Gasteiger partial charge in [-0.05, 0) is 98.2 Å². The molecule has 1 nitrogen and oxygen atoms in total. The molecule has 0 aliphatic rings. The predicted molar refractivity (Wildman–Crippen MR) is 233 cm³/mol. The molecule has 0 atom stereocenters. The average molecular weight is 706 g/mol. The molecule has 0 amide bonds. The Balaban J connectivity index is 1.10. The quantitative estimate of drug-likeness (QED) is 0.160. The molecule has 0 N–H and O–H groups in total. The molecular formula is C52H35NS. The van der Waals surface area contributed by atoms with Gasteiger partial charge in [0, 0.05) is 26.7 Å². The van der Waals surface area contributed by atoms with E-state index in [0.717, 1.165) is 11.4 Å². The second-order valence-electron chi connectivity index (χ2n) is 13.7. The Morgan fingerprint density at radius 3 is 1.69 bits per heavy atom. The standard InChI is InChI=1S/C52H35NS/c1-2-13-36(14-3-1)41-18-11-20-44(35-41)46-21-6-8-24-49(46)53(50-25-12-23-48-47-22-7-9-26-51(47)54-52(48)50)45-31-29-38(30-32-45)40-17-10-19-42(33-40)43-28-27-37-15-4-5-16-39(37)34-43/h1-35H. The van der Waals surface area contributed by atoms with E-state index >= 15 is 0 Å². The first-order chi connectivity index (χ1) is 26.8. The summed E-state index contributed by atoms with van der Waals surface area (Å²) in [5.74, 6) is 0. The third-order valence-electron chi connectivity index (χ3n) is 10.5. The molecule has 0 unspecified atom stereocenters. The van der Waals surface area contributed by atoms with E-state index in [0.29, 0.717) is 0 Å². The molecule has 254 valence electrons. The minimum absolute atomic E-state index is 1.11. The lowest BCUT2D eigenvalue weighted by atomic mass is 9.96. The maximum atomic E-state index is 2.46. The Morgan fingerprint density at radius 1 is 0.315 bits per heavy atom. The van der Waals surface area contributed by atoms with Crippen molar-refractivity contribution in [2.75, 3.05) is 4.90 Å². The molecule has 10 aromatic rings. The van der Waals surface area contributed by atoms with Gasteiger partial charge in [0.2, 0.25) is 0 Å². The van der Waals surface area contributed by atoms with Crippen LogP contribution in [0.1, 0.15) is 0 Å². The fraction of sp³-hybridized carbons (Fsp3) is 0. The predicted octanol–water partition coefficient (Wildman–Crippen LogP) is 15.3. The lowest BCUT2D eigenvalue weighted by molar-refractivity contribution is 1.30. The van der Waals surface area contributed by atoms with Gasteiger partial charge in [0.1, 0.15) is 0 Å². The Kier molecular flexibility index (Phi) is 8.09. The van der Waals surface area contributed by atoms with Crippen molar-refractivity contribution in [3.05, 3.63) is 212 Å². The number of hydrogen-bond acceptors (Lipinski definition) is 2. The van der Waals surface area contributed by atoms with E-state index in [4.69, 9.17) is 0 Å². The Hall–Kier alpha value is -6.74. The lowest BCUT2D eigenvalue weighted by Crippen LogP contribution is -2.11. The van der Waals surface area contributed by atoms with Crippen molar-refractivity contribution in [1.82, 2.24) is 0 Å². The van der Waals surface area contributed by atoms with Crippen molar-refractivity contribution in [2.24, 2.45) is 0 Å². The van der Waals surface area contributed by atoms with Crippen LogP contribution in [0.2, 0.25) is 0 Å². The number of nitrogens with zero attached hydrogens (tertiary/aromatic N) is 1. The van der Waals surface area contributed by atoms with Crippen molar-refractivity contribution in [3.63, 3.8) is 0 Å². The third-order valence-corrected chi connectivity index (χ3v) is 11.7. The van der Waals surface area contributed by atoms with Gasteiger partial charge in [0.15, 0.2) is 0 Å². The topological polar surface area (TPSA) is 3.24 Å². The molecule has 2 heteroatoms. The zero-order chi connectivity index (χ0) is 35.8. The van der Waals surface area contributed by atoms with E-state index in [-0.39, 0.29) is 0 Å². The summed E-state index contributed by atoms with van der Waals surface area (Å²) in [4.78, 5) is 2.46. The van der Waals surface area contributed by atoms with Crippen LogP contribution in [0.3, 0.4) is 0 Å². The molecule has 0 aliphatic carbocycles. The van der Waals surface area contributed by atoms with Gasteiger partial charge in [-0.25, -0.2) is 0 Å². The van der Waals surface area contributed by atoms with Gasteiger partial charge < -0.3 is 4.90 Å². The van der Waals surface area contributed by atoms with E-state index < -0.39 is 0 Å². The Bertz CT molecular complexity index is 2940. The van der Waals surface area contributed by atoms with Crippen LogP contribution in [0.25, 0.3) is 75.5 Å². The third kappa shape index (κ3) is 5.84. The fourth-order valence-corrected chi connectivity index (χ4v) is 8.98. The Morgan fingerprint density at radius 2 is 0.852 bits per heavy atom. The number of benzene rings is 9. The zero-order valence-electron chi connectivity index (χ0n) is 29.6. The van der Waals surface area contributed by atoms with Crippen molar-refractivity contribution >= 4 is 59.3 Å². The monoisotopic (exact) mass is 705 g/mol. The lowest BCUT2D eigenvalue weighted by Gasteiger charge is -2.28. The second kappa shape index (κ2) is 13.7. The number of rotatable bonds is 7. The van der Waals surface area contributed by atoms with Crippen molar-refractivity contribution < 1.29 is 0 Å². The zero-order valence-corrected chi connectivity index (χ0v) is 30.4. The van der Waals surface area contributed by atoms with Crippen LogP contribution in [0, 0.1) is 0 Å². The van der Waals surface area contributed by atoms with Crippen molar-refractivity contribution in [2.45, 2.75) is 0 Å². The van der Waals surface area contributed by atoms with E-state index in [1.165, 1.54) is 81.1 Å². The second-order valence-corrected chi connectivity index (χ2v) is 14.8. The highest BCUT2D eigenvalue weighted by Gasteiger charge is 2.21. The molecule has 0 spiro atoms. The smallest absolute Gasteiger partial charge is 0.0640 e. The first-order valence-electron chi connectivity index (χ1n) is 18.4. The summed E-state index contributed by atoms with van der Waals surface area (Å²) in [6.45, 7) is 0. The summed E-state index contributed by atoms with van der Waals surface area (Å²) in [6, 6.07) is 77.2. The number of fused-ring (bicyclic) bond motifs is 4. The molecule has 0 saturated carbocycles. The number of thiophene rings is 1. The minimum atomic E-state index is 1.11. The first kappa shape index (κ1) is 32.0. The fourth-order valence-electron chi connectivity index (χ4n) is 7.78. The summed E-state index contributed by atoms with van der Waals surface area (Å²) >= 11 is 1.87. The van der Waals surface area contributed by atoms with Crippen molar-refractivity contribution in [3.8, 4) is 44.5 Å². The van der Waals surface area contributed by atoms with Crippen LogP contribution in [-0.2, 0) is 0 Å².